The van der Waals surface area contributed by atoms with Crippen LogP contribution in [0.25, 0.3) is 0 Å². The van der Waals surface area contributed by atoms with Gasteiger partial charge in [0.25, 0.3) is 0 Å². The van der Waals surface area contributed by atoms with Crippen molar-refractivity contribution in [3.05, 3.63) is 53.6 Å². The summed E-state index contributed by atoms with van der Waals surface area (Å²) < 4.78 is 5.81. The van der Waals surface area contributed by atoms with Crippen LogP contribution < -0.4 is 15.4 Å². The Labute approximate surface area is 167 Å². The first-order chi connectivity index (χ1) is 13.3. The SMILES string of the molecule is Cc1ccc(C)c(OCCCCC(=O)Nc2ccc(NC(=O)C(C)C)cc2)c1. The van der Waals surface area contributed by atoms with Crippen molar-refractivity contribution in [2.75, 3.05) is 17.2 Å². The maximum absolute atomic E-state index is 12.1. The number of unbranched alkanes of at least 4 members (excludes halogenated alkanes) is 1. The second-order valence-electron chi connectivity index (χ2n) is 7.34. The molecule has 5 heteroatoms. The number of ether oxygens (including phenoxy) is 1. The molecule has 0 saturated heterocycles. The fourth-order valence-electron chi connectivity index (χ4n) is 2.58. The van der Waals surface area contributed by atoms with Gasteiger partial charge in [0, 0.05) is 23.7 Å². The Morgan fingerprint density at radius 3 is 2.21 bits per heavy atom. The van der Waals surface area contributed by atoms with E-state index < -0.39 is 0 Å². The number of anilines is 2. The van der Waals surface area contributed by atoms with E-state index in [1.807, 2.05) is 33.8 Å². The number of nitrogens with one attached hydrogen (secondary N) is 2. The van der Waals surface area contributed by atoms with E-state index in [0.717, 1.165) is 35.5 Å². The Morgan fingerprint density at radius 1 is 0.929 bits per heavy atom. The topological polar surface area (TPSA) is 67.4 Å². The van der Waals surface area contributed by atoms with Gasteiger partial charge in [-0.15, -0.1) is 0 Å². The van der Waals surface area contributed by atoms with Crippen LogP contribution in [0, 0.1) is 19.8 Å². The normalized spacial score (nSPS) is 10.6. The molecule has 150 valence electrons. The third-order valence-electron chi connectivity index (χ3n) is 4.36. The summed E-state index contributed by atoms with van der Waals surface area (Å²) in [6.07, 6.45) is 2.03. The average molecular weight is 383 g/mol. The smallest absolute Gasteiger partial charge is 0.226 e. The molecule has 0 fully saturated rings. The van der Waals surface area contributed by atoms with Crippen LogP contribution in [0.15, 0.2) is 42.5 Å². The van der Waals surface area contributed by atoms with Crippen molar-refractivity contribution in [1.82, 2.24) is 0 Å². The zero-order valence-electron chi connectivity index (χ0n) is 17.2. The fourth-order valence-corrected chi connectivity index (χ4v) is 2.58. The molecule has 0 aliphatic rings. The third-order valence-corrected chi connectivity index (χ3v) is 4.36. The number of amides is 2. The van der Waals surface area contributed by atoms with Crippen molar-refractivity contribution in [2.45, 2.75) is 47.0 Å². The molecule has 2 aromatic rings. The monoisotopic (exact) mass is 382 g/mol. The van der Waals surface area contributed by atoms with Crippen molar-refractivity contribution >= 4 is 23.2 Å². The van der Waals surface area contributed by atoms with Crippen molar-refractivity contribution in [3.63, 3.8) is 0 Å². The molecular formula is C23H30N2O3. The Balaban J connectivity index is 1.68. The number of benzene rings is 2. The number of hydrogen-bond donors (Lipinski definition) is 2. The van der Waals surface area contributed by atoms with Crippen molar-refractivity contribution in [2.24, 2.45) is 5.92 Å². The highest BCUT2D eigenvalue weighted by Crippen LogP contribution is 2.19. The molecule has 5 nitrogen and oxygen atoms in total. The van der Waals surface area contributed by atoms with E-state index in [1.165, 1.54) is 5.56 Å². The Kier molecular flexibility index (Phi) is 8.05. The maximum Gasteiger partial charge on any atom is 0.226 e. The summed E-state index contributed by atoms with van der Waals surface area (Å²) in [5.41, 5.74) is 3.74. The zero-order chi connectivity index (χ0) is 20.5. The minimum absolute atomic E-state index is 0.0225. The molecule has 0 atom stereocenters. The van der Waals surface area contributed by atoms with Gasteiger partial charge in [-0.3, -0.25) is 9.59 Å². The van der Waals surface area contributed by atoms with Crippen LogP contribution in [-0.2, 0) is 9.59 Å². The van der Waals surface area contributed by atoms with Gasteiger partial charge >= 0.3 is 0 Å². The number of rotatable bonds is 9. The quantitative estimate of drug-likeness (QED) is 0.594. The van der Waals surface area contributed by atoms with Crippen LogP contribution in [0.4, 0.5) is 11.4 Å². The molecule has 0 aliphatic heterocycles. The number of aryl methyl sites for hydroxylation is 2. The van der Waals surface area contributed by atoms with Gasteiger partial charge in [0.15, 0.2) is 0 Å². The molecule has 2 rings (SSSR count). The van der Waals surface area contributed by atoms with Gasteiger partial charge in [0.2, 0.25) is 11.8 Å². The molecule has 0 aromatic heterocycles. The lowest BCUT2D eigenvalue weighted by Crippen LogP contribution is -2.17. The lowest BCUT2D eigenvalue weighted by Gasteiger charge is -2.10. The van der Waals surface area contributed by atoms with E-state index in [2.05, 4.69) is 22.8 Å². The molecule has 2 N–H and O–H groups in total. The number of carbonyl (C=O) groups excluding carboxylic acids is 2. The zero-order valence-corrected chi connectivity index (χ0v) is 17.2. The molecule has 0 unspecified atom stereocenters. The van der Waals surface area contributed by atoms with Crippen LogP contribution in [0.3, 0.4) is 0 Å². The number of carbonyl (C=O) groups is 2. The molecule has 2 aromatic carbocycles. The van der Waals surface area contributed by atoms with E-state index in [9.17, 15) is 9.59 Å². The Morgan fingerprint density at radius 2 is 1.57 bits per heavy atom. The van der Waals surface area contributed by atoms with Gasteiger partial charge in [-0.25, -0.2) is 0 Å². The highest BCUT2D eigenvalue weighted by atomic mass is 16.5. The first kappa shape index (κ1) is 21.5. The van der Waals surface area contributed by atoms with E-state index in [-0.39, 0.29) is 17.7 Å². The minimum Gasteiger partial charge on any atom is -0.493 e. The first-order valence-electron chi connectivity index (χ1n) is 9.76. The van der Waals surface area contributed by atoms with E-state index in [4.69, 9.17) is 4.74 Å². The lowest BCUT2D eigenvalue weighted by atomic mass is 10.1. The van der Waals surface area contributed by atoms with Gasteiger partial charge in [-0.2, -0.15) is 0 Å². The summed E-state index contributed by atoms with van der Waals surface area (Å²) in [6, 6.07) is 13.3. The average Bonchev–Trinajstić information content (AvgIpc) is 2.65. The molecule has 0 spiro atoms. The summed E-state index contributed by atoms with van der Waals surface area (Å²) in [7, 11) is 0. The molecule has 0 radical (unpaired) electrons. The van der Waals surface area contributed by atoms with E-state index >= 15 is 0 Å². The highest BCUT2D eigenvalue weighted by molar-refractivity contribution is 5.93. The maximum atomic E-state index is 12.1. The molecular weight excluding hydrogens is 352 g/mol. The second-order valence-corrected chi connectivity index (χ2v) is 7.34. The van der Waals surface area contributed by atoms with Crippen molar-refractivity contribution in [3.8, 4) is 5.75 Å². The highest BCUT2D eigenvalue weighted by Gasteiger charge is 2.07. The van der Waals surface area contributed by atoms with Gasteiger partial charge in [-0.1, -0.05) is 26.0 Å². The summed E-state index contributed by atoms with van der Waals surface area (Å²) in [5.74, 6) is 0.790. The predicted molar refractivity (Wildman–Crippen MR) is 114 cm³/mol. The largest absolute Gasteiger partial charge is 0.493 e. The molecule has 0 heterocycles. The van der Waals surface area contributed by atoms with E-state index in [1.54, 1.807) is 24.3 Å². The van der Waals surface area contributed by atoms with Crippen LogP contribution in [0.1, 0.15) is 44.2 Å². The van der Waals surface area contributed by atoms with Gasteiger partial charge < -0.3 is 15.4 Å². The minimum atomic E-state index is -0.0711. The number of hydrogen-bond acceptors (Lipinski definition) is 3. The first-order valence-corrected chi connectivity index (χ1v) is 9.76. The Hall–Kier alpha value is -2.82. The van der Waals surface area contributed by atoms with Crippen LogP contribution in [0.2, 0.25) is 0 Å². The summed E-state index contributed by atoms with van der Waals surface area (Å²) in [4.78, 5) is 23.8. The Bertz CT molecular complexity index is 798. The fraction of sp³-hybridized carbons (Fsp3) is 0.391. The second kappa shape index (κ2) is 10.5. The summed E-state index contributed by atoms with van der Waals surface area (Å²) in [5, 5.41) is 5.70. The molecule has 2 amide bonds. The van der Waals surface area contributed by atoms with Crippen molar-refractivity contribution < 1.29 is 14.3 Å². The molecule has 0 aliphatic carbocycles. The van der Waals surface area contributed by atoms with Crippen LogP contribution in [0.5, 0.6) is 5.75 Å². The summed E-state index contributed by atoms with van der Waals surface area (Å²) in [6.45, 7) is 8.36. The molecule has 0 bridgehead atoms. The van der Waals surface area contributed by atoms with Gasteiger partial charge in [0.1, 0.15) is 5.75 Å². The summed E-state index contributed by atoms with van der Waals surface area (Å²) >= 11 is 0. The van der Waals surface area contributed by atoms with E-state index in [0.29, 0.717) is 13.0 Å². The van der Waals surface area contributed by atoms with Crippen LogP contribution in [-0.4, -0.2) is 18.4 Å². The van der Waals surface area contributed by atoms with Gasteiger partial charge in [-0.05, 0) is 68.1 Å². The third kappa shape index (κ3) is 7.06. The standard InChI is InChI=1S/C23H30N2O3/c1-16(2)23(27)25-20-12-10-19(11-13-20)24-22(26)7-5-6-14-28-21-15-17(3)8-9-18(21)4/h8-13,15-16H,5-7,14H2,1-4H3,(H,24,26)(H,25,27). The molecule has 28 heavy (non-hydrogen) atoms. The lowest BCUT2D eigenvalue weighted by molar-refractivity contribution is -0.119. The van der Waals surface area contributed by atoms with Crippen molar-refractivity contribution in [1.29, 1.82) is 0 Å². The predicted octanol–water partition coefficient (Wildman–Crippen LogP) is 5.09. The van der Waals surface area contributed by atoms with Crippen LogP contribution >= 0.6 is 0 Å². The van der Waals surface area contributed by atoms with Gasteiger partial charge in [0.05, 0.1) is 6.61 Å². The molecule has 0 saturated carbocycles.